The van der Waals surface area contributed by atoms with Crippen molar-refractivity contribution in [3.63, 3.8) is 0 Å². The third kappa shape index (κ3) is 9.47. The lowest BCUT2D eigenvalue weighted by Crippen LogP contribution is -2.18. The second-order valence-corrected chi connectivity index (χ2v) is 8.89. The molecule has 0 amide bonds. The smallest absolute Gasteiger partial charge is 0.188 e. The molecular weight excluding hydrogens is 467 g/mol. The highest BCUT2D eigenvalue weighted by Gasteiger charge is 2.20. The van der Waals surface area contributed by atoms with Gasteiger partial charge in [-0.1, -0.05) is 49.8 Å². The number of benzene rings is 2. The average Bonchev–Trinajstić information content (AvgIpc) is 2.93. The van der Waals surface area contributed by atoms with Gasteiger partial charge in [0.25, 0.3) is 0 Å². The summed E-state index contributed by atoms with van der Waals surface area (Å²) in [4.78, 5) is 0. The third-order valence-electron chi connectivity index (χ3n) is 6.30. The third-order valence-corrected chi connectivity index (χ3v) is 6.30. The van der Waals surface area contributed by atoms with E-state index in [0.29, 0.717) is 23.0 Å². The summed E-state index contributed by atoms with van der Waals surface area (Å²) in [5.41, 5.74) is 4.14. The Balaban J connectivity index is 1.57. The first-order valence-corrected chi connectivity index (χ1v) is 12.7. The van der Waals surface area contributed by atoms with E-state index in [1.165, 1.54) is 18.6 Å². The summed E-state index contributed by atoms with van der Waals surface area (Å²) in [6, 6.07) is 11.0. The molecule has 0 spiro atoms. The van der Waals surface area contributed by atoms with Crippen molar-refractivity contribution in [2.75, 3.05) is 20.2 Å². The fourth-order valence-electron chi connectivity index (χ4n) is 4.19. The molecule has 1 aliphatic carbocycles. The molecule has 0 bridgehead atoms. The van der Waals surface area contributed by atoms with Gasteiger partial charge < -0.3 is 18.9 Å². The van der Waals surface area contributed by atoms with Crippen molar-refractivity contribution >= 4 is 0 Å². The van der Waals surface area contributed by atoms with Crippen molar-refractivity contribution in [3.8, 4) is 23.7 Å². The van der Waals surface area contributed by atoms with Crippen LogP contribution in [0.25, 0.3) is 0 Å². The monoisotopic (exact) mass is 502 g/mol. The number of ether oxygens (including phenoxy) is 4. The molecule has 0 heterocycles. The Labute approximate surface area is 220 Å². The molecule has 3 rings (SSSR count). The molecular formula is C32H35FO4. The van der Waals surface area contributed by atoms with Gasteiger partial charge in [-0.15, -0.1) is 0 Å². The largest absolute Gasteiger partial charge is 0.476 e. The minimum absolute atomic E-state index is 0.0358. The molecule has 5 heteroatoms. The first-order chi connectivity index (χ1) is 18.1. The van der Waals surface area contributed by atoms with Gasteiger partial charge in [0.1, 0.15) is 5.82 Å². The van der Waals surface area contributed by atoms with Gasteiger partial charge in [0.05, 0.1) is 25.7 Å². The first-order valence-electron chi connectivity index (χ1n) is 12.7. The zero-order valence-electron chi connectivity index (χ0n) is 21.6. The van der Waals surface area contributed by atoms with Gasteiger partial charge in [0.15, 0.2) is 13.6 Å². The standard InChI is InChI=1S/C32H35FO4/c1-4-29-19-26(10-7-25-8-11-28(12-9-25)21-36-23-34-5-2)13-16-30(29)17-14-27-15-18-31(32(33)20-27)22-37-24-35-6-3/h5-6,13,15-16,18-20,25,28H,2-4,8-9,11-12,21-24H2,1H3. The van der Waals surface area contributed by atoms with Gasteiger partial charge in [-0.3, -0.25) is 0 Å². The molecule has 4 nitrogen and oxygen atoms in total. The molecule has 0 aliphatic heterocycles. The summed E-state index contributed by atoms with van der Waals surface area (Å²) >= 11 is 0. The van der Waals surface area contributed by atoms with Crippen LogP contribution < -0.4 is 0 Å². The van der Waals surface area contributed by atoms with E-state index in [4.69, 9.17) is 18.9 Å². The van der Waals surface area contributed by atoms with Crippen LogP contribution in [0.5, 0.6) is 0 Å². The molecule has 0 radical (unpaired) electrons. The normalized spacial score (nSPS) is 16.5. The van der Waals surface area contributed by atoms with Crippen molar-refractivity contribution in [3.05, 3.63) is 95.7 Å². The Hall–Kier alpha value is -3.51. The van der Waals surface area contributed by atoms with Crippen molar-refractivity contribution < 1.29 is 23.3 Å². The topological polar surface area (TPSA) is 36.9 Å². The van der Waals surface area contributed by atoms with Crippen LogP contribution in [0.1, 0.15) is 60.4 Å². The van der Waals surface area contributed by atoms with Crippen LogP contribution in [0.4, 0.5) is 4.39 Å². The Morgan fingerprint density at radius 3 is 2.27 bits per heavy atom. The van der Waals surface area contributed by atoms with Gasteiger partial charge in [0.2, 0.25) is 0 Å². The molecule has 2 aromatic rings. The van der Waals surface area contributed by atoms with Gasteiger partial charge >= 0.3 is 0 Å². The van der Waals surface area contributed by atoms with Crippen LogP contribution in [-0.2, 0) is 32.0 Å². The van der Waals surface area contributed by atoms with Gasteiger partial charge in [-0.25, -0.2) is 4.39 Å². The number of rotatable bonds is 11. The summed E-state index contributed by atoms with van der Waals surface area (Å²) < 4.78 is 35.1. The van der Waals surface area contributed by atoms with E-state index in [0.717, 1.165) is 55.4 Å². The molecule has 2 aromatic carbocycles. The zero-order chi connectivity index (χ0) is 26.3. The van der Waals surface area contributed by atoms with Gasteiger partial charge in [0, 0.05) is 28.2 Å². The lowest BCUT2D eigenvalue weighted by molar-refractivity contribution is -0.0312. The van der Waals surface area contributed by atoms with E-state index in [-0.39, 0.29) is 26.0 Å². The molecule has 1 saturated carbocycles. The van der Waals surface area contributed by atoms with E-state index >= 15 is 0 Å². The van der Waals surface area contributed by atoms with Crippen LogP contribution >= 0.6 is 0 Å². The summed E-state index contributed by atoms with van der Waals surface area (Å²) in [7, 11) is 0. The summed E-state index contributed by atoms with van der Waals surface area (Å²) in [6.07, 6.45) is 7.97. The average molecular weight is 503 g/mol. The summed E-state index contributed by atoms with van der Waals surface area (Å²) in [5.74, 6) is 13.8. The van der Waals surface area contributed by atoms with E-state index in [1.54, 1.807) is 12.1 Å². The maximum absolute atomic E-state index is 14.4. The fraction of sp³-hybridized carbons (Fsp3) is 0.375. The first kappa shape index (κ1) is 28.1. The van der Waals surface area contributed by atoms with Crippen molar-refractivity contribution in [1.29, 1.82) is 0 Å². The minimum atomic E-state index is -0.352. The second-order valence-electron chi connectivity index (χ2n) is 8.89. The summed E-state index contributed by atoms with van der Waals surface area (Å²) in [6.45, 7) is 10.2. The molecule has 0 aromatic heterocycles. The van der Waals surface area contributed by atoms with E-state index in [2.05, 4.69) is 49.8 Å². The Morgan fingerprint density at radius 2 is 1.57 bits per heavy atom. The number of halogens is 1. The summed E-state index contributed by atoms with van der Waals surface area (Å²) in [5, 5.41) is 0. The maximum Gasteiger partial charge on any atom is 0.188 e. The van der Waals surface area contributed by atoms with Crippen LogP contribution in [0.15, 0.2) is 62.1 Å². The molecule has 0 unspecified atom stereocenters. The number of hydrogen-bond donors (Lipinski definition) is 0. The van der Waals surface area contributed by atoms with Crippen molar-refractivity contribution in [2.24, 2.45) is 11.8 Å². The highest BCUT2D eigenvalue weighted by atomic mass is 19.1. The Bertz CT molecular complexity index is 1160. The van der Waals surface area contributed by atoms with Crippen LogP contribution in [0.3, 0.4) is 0 Å². The molecule has 37 heavy (non-hydrogen) atoms. The number of aryl methyl sites for hydroxylation is 1. The lowest BCUT2D eigenvalue weighted by atomic mass is 9.82. The molecule has 1 fully saturated rings. The van der Waals surface area contributed by atoms with Gasteiger partial charge in [-0.05, 0) is 73.9 Å². The lowest BCUT2D eigenvalue weighted by Gasteiger charge is -2.25. The van der Waals surface area contributed by atoms with Crippen molar-refractivity contribution in [2.45, 2.75) is 45.6 Å². The number of hydrogen-bond acceptors (Lipinski definition) is 4. The molecule has 0 N–H and O–H groups in total. The molecule has 0 saturated heterocycles. The quantitative estimate of drug-likeness (QED) is 0.148. The van der Waals surface area contributed by atoms with Crippen LogP contribution in [0, 0.1) is 41.3 Å². The molecule has 1 aliphatic rings. The fourth-order valence-corrected chi connectivity index (χ4v) is 4.19. The van der Waals surface area contributed by atoms with E-state index in [9.17, 15) is 4.39 Å². The Kier molecular flexibility index (Phi) is 11.8. The maximum atomic E-state index is 14.4. The van der Waals surface area contributed by atoms with E-state index < -0.39 is 0 Å². The Morgan fingerprint density at radius 1 is 0.865 bits per heavy atom. The van der Waals surface area contributed by atoms with Crippen LogP contribution in [0.2, 0.25) is 0 Å². The van der Waals surface area contributed by atoms with E-state index in [1.807, 2.05) is 12.1 Å². The van der Waals surface area contributed by atoms with Crippen molar-refractivity contribution in [1.82, 2.24) is 0 Å². The minimum Gasteiger partial charge on any atom is -0.476 e. The second kappa shape index (κ2) is 15.6. The predicted octanol–water partition coefficient (Wildman–Crippen LogP) is 6.71. The van der Waals surface area contributed by atoms with Gasteiger partial charge in [-0.2, -0.15) is 0 Å². The zero-order valence-corrected chi connectivity index (χ0v) is 21.6. The SMILES string of the molecule is C=COCOCc1ccc(C#Cc2ccc(C#CC3CCC(COCOC=C)CC3)cc2CC)cc1F. The molecule has 194 valence electrons. The predicted molar refractivity (Wildman–Crippen MR) is 144 cm³/mol. The molecule has 0 atom stereocenters. The highest BCUT2D eigenvalue weighted by Crippen LogP contribution is 2.28. The van der Waals surface area contributed by atoms with Crippen LogP contribution in [-0.4, -0.2) is 20.2 Å². The highest BCUT2D eigenvalue weighted by molar-refractivity contribution is 5.50.